The number of fused-ring (bicyclic) bond motifs is 1. The van der Waals surface area contributed by atoms with Gasteiger partial charge in [-0.3, -0.25) is 14.6 Å². The normalized spacial score (nSPS) is 18.7. The van der Waals surface area contributed by atoms with Gasteiger partial charge in [-0.15, -0.1) is 0 Å². The minimum absolute atomic E-state index is 0.212. The highest BCUT2D eigenvalue weighted by Crippen LogP contribution is 2.42. The van der Waals surface area contributed by atoms with Gasteiger partial charge in [-0.2, -0.15) is 5.26 Å². The number of carbonyl (C=O) groups excluding carboxylic acids is 2. The van der Waals surface area contributed by atoms with E-state index in [0.717, 1.165) is 0 Å². The van der Waals surface area contributed by atoms with E-state index >= 15 is 0 Å². The lowest BCUT2D eigenvalue weighted by molar-refractivity contribution is -0.135. The predicted molar refractivity (Wildman–Crippen MR) is 90.7 cm³/mol. The highest BCUT2D eigenvalue weighted by Gasteiger charge is 2.50. The highest BCUT2D eigenvalue weighted by molar-refractivity contribution is 6.10. The number of Topliss-reactive ketones (excluding diaryl/α,β-unsaturated/α-hetero) is 1. The summed E-state index contributed by atoms with van der Waals surface area (Å²) in [6.45, 7) is 0.323. The molecule has 3 rings (SSSR count). The molecule has 1 aromatic carbocycles. The number of amides is 1. The molecule has 0 fully saturated rings. The first-order valence-electron chi connectivity index (χ1n) is 8.03. The van der Waals surface area contributed by atoms with Crippen LogP contribution in [0.2, 0.25) is 0 Å². The predicted octanol–water partition coefficient (Wildman–Crippen LogP) is 2.19. The van der Waals surface area contributed by atoms with Crippen LogP contribution in [0.25, 0.3) is 0 Å². The molecule has 126 valence electrons. The number of ketones is 1. The molecule has 0 radical (unpaired) electrons. The number of anilines is 1. The molecule has 6 heteroatoms. The molecule has 1 aliphatic heterocycles. The zero-order chi connectivity index (χ0) is 17.9. The van der Waals surface area contributed by atoms with Crippen LogP contribution in [0.4, 0.5) is 5.69 Å². The van der Waals surface area contributed by atoms with Gasteiger partial charge in [0.2, 0.25) is 0 Å². The van der Waals surface area contributed by atoms with Crippen molar-refractivity contribution >= 4 is 17.4 Å². The van der Waals surface area contributed by atoms with Crippen molar-refractivity contribution in [1.82, 2.24) is 4.98 Å². The summed E-state index contributed by atoms with van der Waals surface area (Å²) in [6.07, 6.45) is 1.95. The van der Waals surface area contributed by atoms with Crippen molar-refractivity contribution in [2.24, 2.45) is 0 Å². The van der Waals surface area contributed by atoms with E-state index in [1.807, 2.05) is 6.07 Å². The summed E-state index contributed by atoms with van der Waals surface area (Å²) in [4.78, 5) is 30.8. The third kappa shape index (κ3) is 3.02. The summed E-state index contributed by atoms with van der Waals surface area (Å²) in [7, 11) is 0. The van der Waals surface area contributed by atoms with Crippen molar-refractivity contribution in [3.05, 3.63) is 59.9 Å². The number of unbranched alkanes of at least 4 members (excludes halogenated alkanes) is 1. The van der Waals surface area contributed by atoms with Crippen LogP contribution in [0.5, 0.6) is 0 Å². The zero-order valence-electron chi connectivity index (χ0n) is 13.6. The molecule has 2 aromatic rings. The summed E-state index contributed by atoms with van der Waals surface area (Å²) in [5.41, 5.74) is -0.690. The van der Waals surface area contributed by atoms with Crippen LogP contribution in [-0.4, -0.2) is 28.3 Å². The van der Waals surface area contributed by atoms with Crippen LogP contribution >= 0.6 is 0 Å². The van der Waals surface area contributed by atoms with E-state index in [2.05, 4.69) is 4.98 Å². The fourth-order valence-corrected chi connectivity index (χ4v) is 3.07. The molecule has 0 aliphatic carbocycles. The molecule has 1 atom stereocenters. The molecule has 2 heterocycles. The molecule has 0 spiro atoms. The van der Waals surface area contributed by atoms with Gasteiger partial charge in [-0.1, -0.05) is 24.3 Å². The van der Waals surface area contributed by atoms with E-state index in [0.29, 0.717) is 30.6 Å². The van der Waals surface area contributed by atoms with Crippen LogP contribution in [-0.2, 0) is 10.4 Å². The number of aromatic nitrogens is 1. The third-order valence-electron chi connectivity index (χ3n) is 4.28. The number of para-hydroxylation sites is 1. The molecule has 0 saturated carbocycles. The molecule has 0 saturated heterocycles. The second kappa shape index (κ2) is 6.83. The number of nitriles is 1. The molecule has 25 heavy (non-hydrogen) atoms. The van der Waals surface area contributed by atoms with Crippen LogP contribution in [0.15, 0.2) is 48.7 Å². The lowest BCUT2D eigenvalue weighted by Gasteiger charge is -2.22. The maximum absolute atomic E-state index is 12.9. The second-order valence-corrected chi connectivity index (χ2v) is 5.91. The lowest BCUT2D eigenvalue weighted by Crippen LogP contribution is -2.42. The van der Waals surface area contributed by atoms with Crippen LogP contribution in [0.1, 0.15) is 35.3 Å². The molecular formula is C19H17N3O3. The van der Waals surface area contributed by atoms with E-state index < -0.39 is 17.3 Å². The fourth-order valence-electron chi connectivity index (χ4n) is 3.07. The Bertz CT molecular complexity index is 844. The third-order valence-corrected chi connectivity index (χ3v) is 4.28. The largest absolute Gasteiger partial charge is 0.375 e. The van der Waals surface area contributed by atoms with E-state index in [-0.39, 0.29) is 12.1 Å². The average molecular weight is 335 g/mol. The smallest absolute Gasteiger partial charge is 0.264 e. The number of hydrogen-bond acceptors (Lipinski definition) is 5. The van der Waals surface area contributed by atoms with Crippen LogP contribution in [0, 0.1) is 11.3 Å². The molecular weight excluding hydrogens is 318 g/mol. The molecule has 0 unspecified atom stereocenters. The van der Waals surface area contributed by atoms with Crippen LogP contribution in [0.3, 0.4) is 0 Å². The maximum Gasteiger partial charge on any atom is 0.264 e. The van der Waals surface area contributed by atoms with Crippen molar-refractivity contribution in [3.8, 4) is 6.07 Å². The van der Waals surface area contributed by atoms with Crippen molar-refractivity contribution < 1.29 is 14.7 Å². The standard InChI is InChI=1S/C19H17N3O3/c20-10-4-6-12-22-16-9-2-1-7-14(16)19(25,18(22)24)13-17(23)15-8-3-5-11-21-15/h1-3,5,7-9,11,25H,4,6,12-13H2/t19-/m0/s1. The molecule has 1 amide bonds. The Labute approximate surface area is 145 Å². The summed E-state index contributed by atoms with van der Waals surface area (Å²) >= 11 is 0. The summed E-state index contributed by atoms with van der Waals surface area (Å²) < 4.78 is 0. The lowest BCUT2D eigenvalue weighted by atomic mass is 9.89. The molecule has 6 nitrogen and oxygen atoms in total. The quantitative estimate of drug-likeness (QED) is 0.645. The minimum Gasteiger partial charge on any atom is -0.375 e. The topological polar surface area (TPSA) is 94.3 Å². The summed E-state index contributed by atoms with van der Waals surface area (Å²) in [5.74, 6) is -0.930. The summed E-state index contributed by atoms with van der Waals surface area (Å²) in [5, 5.41) is 19.8. The Kier molecular flexibility index (Phi) is 4.59. The average Bonchev–Trinajstić information content (AvgIpc) is 2.85. The Hall–Kier alpha value is -3.04. The van der Waals surface area contributed by atoms with E-state index in [1.165, 1.54) is 11.1 Å². The van der Waals surface area contributed by atoms with Gasteiger partial charge in [-0.05, 0) is 24.6 Å². The van der Waals surface area contributed by atoms with E-state index in [4.69, 9.17) is 5.26 Å². The van der Waals surface area contributed by atoms with Gasteiger partial charge >= 0.3 is 0 Å². The fraction of sp³-hybridized carbons (Fsp3) is 0.263. The van der Waals surface area contributed by atoms with Gasteiger partial charge < -0.3 is 10.0 Å². The van der Waals surface area contributed by atoms with E-state index in [9.17, 15) is 14.7 Å². The first-order valence-corrected chi connectivity index (χ1v) is 8.03. The van der Waals surface area contributed by atoms with Crippen molar-refractivity contribution in [1.29, 1.82) is 5.26 Å². The van der Waals surface area contributed by atoms with Gasteiger partial charge in [0.05, 0.1) is 18.2 Å². The first kappa shape index (κ1) is 16.8. The van der Waals surface area contributed by atoms with Gasteiger partial charge in [0.15, 0.2) is 11.4 Å². The highest BCUT2D eigenvalue weighted by atomic mass is 16.3. The van der Waals surface area contributed by atoms with Crippen molar-refractivity contribution in [2.75, 3.05) is 11.4 Å². The van der Waals surface area contributed by atoms with Crippen molar-refractivity contribution in [2.45, 2.75) is 24.9 Å². The van der Waals surface area contributed by atoms with Gasteiger partial charge in [0.1, 0.15) is 5.69 Å². The molecule has 1 N–H and O–H groups in total. The number of nitrogens with zero attached hydrogens (tertiary/aromatic N) is 3. The number of carbonyl (C=O) groups is 2. The molecule has 1 aliphatic rings. The van der Waals surface area contributed by atoms with Gasteiger partial charge in [0.25, 0.3) is 5.91 Å². The Morgan fingerprint density at radius 1 is 1.24 bits per heavy atom. The first-order chi connectivity index (χ1) is 12.1. The Morgan fingerprint density at radius 3 is 2.72 bits per heavy atom. The number of rotatable bonds is 6. The van der Waals surface area contributed by atoms with Crippen LogP contribution < -0.4 is 4.90 Å². The summed E-state index contributed by atoms with van der Waals surface area (Å²) in [6, 6.07) is 13.9. The second-order valence-electron chi connectivity index (χ2n) is 5.91. The van der Waals surface area contributed by atoms with E-state index in [1.54, 1.807) is 42.5 Å². The monoisotopic (exact) mass is 335 g/mol. The number of hydrogen-bond donors (Lipinski definition) is 1. The Balaban J connectivity index is 1.91. The Morgan fingerprint density at radius 2 is 2.00 bits per heavy atom. The van der Waals surface area contributed by atoms with Gasteiger partial charge in [0, 0.05) is 24.7 Å². The number of pyridine rings is 1. The number of benzene rings is 1. The molecule has 0 bridgehead atoms. The minimum atomic E-state index is -1.90. The van der Waals surface area contributed by atoms with Crippen molar-refractivity contribution in [3.63, 3.8) is 0 Å². The maximum atomic E-state index is 12.9. The van der Waals surface area contributed by atoms with Gasteiger partial charge in [-0.25, -0.2) is 0 Å². The zero-order valence-corrected chi connectivity index (χ0v) is 13.6. The SMILES string of the molecule is N#CCCCN1C(=O)[C@](O)(CC(=O)c2ccccn2)c2ccccc21. The molecule has 1 aromatic heterocycles. The number of aliphatic hydroxyl groups is 1.